The van der Waals surface area contributed by atoms with Crippen molar-refractivity contribution >= 4 is 54.6 Å². The summed E-state index contributed by atoms with van der Waals surface area (Å²) < 4.78 is 129. The van der Waals surface area contributed by atoms with Crippen LogP contribution in [0.25, 0.3) is 111 Å². The molecule has 0 aliphatic carbocycles. The van der Waals surface area contributed by atoms with Gasteiger partial charge in [0.25, 0.3) is 6.33 Å². The maximum absolute atomic E-state index is 9.25. The Bertz CT molecular complexity index is 5150. The minimum Gasteiger partial charge on any atom is -0.458 e. The second-order valence-electron chi connectivity index (χ2n) is 20.1. The van der Waals surface area contributed by atoms with E-state index in [0.29, 0.717) is 39.3 Å². The third-order valence-corrected chi connectivity index (χ3v) is 14.4. The molecule has 0 saturated heterocycles. The van der Waals surface area contributed by atoms with Crippen molar-refractivity contribution in [3.63, 3.8) is 0 Å². The predicted octanol–water partition coefficient (Wildman–Crippen LogP) is 17.7. The van der Waals surface area contributed by atoms with Gasteiger partial charge in [-0.2, -0.15) is 0 Å². The first kappa shape index (κ1) is 33.9. The van der Waals surface area contributed by atoms with Crippen LogP contribution in [0.1, 0.15) is 49.7 Å². The van der Waals surface area contributed by atoms with E-state index in [-0.39, 0.29) is 38.9 Å². The summed E-state index contributed by atoms with van der Waals surface area (Å²) in [6.45, 7) is 4.01. The fraction of sp³-hybridized carbons (Fsp3) is 0.0704. The number of aromatic nitrogens is 5. The normalized spacial score (nSPS) is 14.5. The van der Waals surface area contributed by atoms with Gasteiger partial charge in [0, 0.05) is 43.6 Å². The van der Waals surface area contributed by atoms with Crippen molar-refractivity contribution in [2.24, 2.45) is 0 Å². The number of para-hydroxylation sites is 3. The second-order valence-corrected chi connectivity index (χ2v) is 20.1. The lowest BCUT2D eigenvalue weighted by molar-refractivity contribution is -0.571. The van der Waals surface area contributed by atoms with Gasteiger partial charge in [0.2, 0.25) is 0 Å². The van der Waals surface area contributed by atoms with Crippen molar-refractivity contribution < 1.29 is 27.1 Å². The zero-order chi connectivity index (χ0) is 63.0. The lowest BCUT2D eigenvalue weighted by Gasteiger charge is -2.20. The van der Waals surface area contributed by atoms with E-state index >= 15 is 0 Å². The standard InChI is InChI=1S/C71H53N5O/c1-47-19-11-12-26-56(47)50-33-37-66-68(41-50)74(70-57(48-20-7-5-8-21-48)29-18-30-58(70)49-22-9-6-10-23-49)46-73(66)52-24-17-25-54(43-52)77-55-35-36-61-62-44-53(75-63-31-15-13-27-59(63)60-28-14-16-32-64(60)75)34-38-65(62)76(67(61)45-55)69-42-51(39-40-72-69)71(2,3)4/h5-45H,1-4H3/i1D3,5D,6D,7D,8D,9D,10D,20D,21D,22D,23D. The zero-order valence-corrected chi connectivity index (χ0v) is 42.0. The number of fused-ring (bicyclic) bond motifs is 7. The first-order valence-electron chi connectivity index (χ1n) is 31.8. The van der Waals surface area contributed by atoms with E-state index in [4.69, 9.17) is 22.1 Å². The molecule has 0 N–H and O–H groups in total. The van der Waals surface area contributed by atoms with E-state index in [1.165, 1.54) is 12.1 Å². The van der Waals surface area contributed by atoms with Gasteiger partial charge in [-0.25, -0.2) is 4.98 Å². The highest BCUT2D eigenvalue weighted by molar-refractivity contribution is 6.12. The highest BCUT2D eigenvalue weighted by atomic mass is 16.5. The number of nitrogens with zero attached hydrogens (tertiary/aromatic N) is 5. The topological polar surface area (TPSA) is 40.8 Å². The van der Waals surface area contributed by atoms with Gasteiger partial charge in [0.15, 0.2) is 0 Å². The lowest BCUT2D eigenvalue weighted by Crippen LogP contribution is -2.31. The quantitative estimate of drug-likeness (QED) is 0.107. The zero-order valence-electron chi connectivity index (χ0n) is 55.0. The Morgan fingerprint density at radius 2 is 1.13 bits per heavy atom. The molecule has 0 aliphatic heterocycles. The van der Waals surface area contributed by atoms with Gasteiger partial charge in [-0.1, -0.05) is 178 Å². The van der Waals surface area contributed by atoms with Crippen LogP contribution in [-0.4, -0.2) is 18.7 Å². The Balaban J connectivity index is 0.970. The van der Waals surface area contributed by atoms with E-state index in [1.807, 2.05) is 48.7 Å². The predicted molar refractivity (Wildman–Crippen MR) is 316 cm³/mol. The van der Waals surface area contributed by atoms with E-state index in [0.717, 1.165) is 60.7 Å². The maximum Gasteiger partial charge on any atom is 0.269 e. The van der Waals surface area contributed by atoms with Gasteiger partial charge < -0.3 is 9.30 Å². The van der Waals surface area contributed by atoms with Crippen molar-refractivity contribution in [1.29, 1.82) is 0 Å². The van der Waals surface area contributed by atoms with Crippen molar-refractivity contribution in [3.05, 3.63) is 266 Å². The average Bonchev–Trinajstić information content (AvgIpc) is 1.59. The molecule has 0 atom stereocenters. The van der Waals surface area contributed by atoms with Gasteiger partial charge in [-0.05, 0) is 136 Å². The number of ether oxygens (including phenoxy) is 1. The van der Waals surface area contributed by atoms with E-state index in [2.05, 4.69) is 115 Å². The third-order valence-electron chi connectivity index (χ3n) is 14.4. The molecule has 0 unspecified atom stereocenters. The van der Waals surface area contributed by atoms with Crippen LogP contribution in [0.5, 0.6) is 11.5 Å². The van der Waals surface area contributed by atoms with Crippen molar-refractivity contribution in [2.75, 3.05) is 0 Å². The largest absolute Gasteiger partial charge is 0.458 e. The first-order valence-corrected chi connectivity index (χ1v) is 25.3. The molecule has 14 rings (SSSR count). The molecule has 4 aromatic heterocycles. The minimum atomic E-state index is -2.52. The molecule has 0 saturated carbocycles. The Hall–Kier alpha value is -9.78. The molecule has 14 aromatic rings. The van der Waals surface area contributed by atoms with Crippen LogP contribution in [0.15, 0.2) is 249 Å². The summed E-state index contributed by atoms with van der Waals surface area (Å²) in [6, 6.07) is 51.6. The molecule has 77 heavy (non-hydrogen) atoms. The second kappa shape index (κ2) is 18.3. The summed E-state index contributed by atoms with van der Waals surface area (Å²) in [5.74, 6) is 1.69. The number of aryl methyl sites for hydroxylation is 1. The number of hydrogen-bond donors (Lipinski definition) is 0. The summed E-state index contributed by atoms with van der Waals surface area (Å²) in [5.41, 5.74) is 7.99. The molecule has 0 radical (unpaired) electrons. The summed E-state index contributed by atoms with van der Waals surface area (Å²) in [4.78, 5) is 4.98. The Labute approximate surface area is 465 Å². The molecule has 0 fully saturated rings. The van der Waals surface area contributed by atoms with Gasteiger partial charge in [0.1, 0.15) is 17.3 Å². The van der Waals surface area contributed by atoms with Crippen LogP contribution in [0.3, 0.4) is 0 Å². The van der Waals surface area contributed by atoms with Crippen molar-refractivity contribution in [1.82, 2.24) is 18.7 Å². The number of imidazole rings is 1. The first-order chi connectivity index (χ1) is 43.1. The van der Waals surface area contributed by atoms with Crippen molar-refractivity contribution in [2.45, 2.75) is 33.0 Å². The van der Waals surface area contributed by atoms with Crippen LogP contribution in [0.4, 0.5) is 0 Å². The van der Waals surface area contributed by atoms with Crippen LogP contribution in [-0.2, 0) is 5.41 Å². The molecule has 6 heteroatoms. The maximum atomic E-state index is 9.25. The Morgan fingerprint density at radius 1 is 0.494 bits per heavy atom. The summed E-state index contributed by atoms with van der Waals surface area (Å²) >= 11 is 0. The fourth-order valence-electron chi connectivity index (χ4n) is 10.8. The number of hydrogen-bond acceptors (Lipinski definition) is 2. The van der Waals surface area contributed by atoms with Crippen molar-refractivity contribution in [3.8, 4) is 67.8 Å². The number of rotatable bonds is 9. The van der Waals surface area contributed by atoms with Crippen LogP contribution < -0.4 is 9.30 Å². The molecule has 0 amide bonds. The van der Waals surface area contributed by atoms with Crippen LogP contribution in [0, 0.1) is 13.2 Å². The average molecular weight is 1010 g/mol. The molecule has 4 heterocycles. The minimum absolute atomic E-state index is 0.0538. The Kier molecular flexibility index (Phi) is 8.04. The SMILES string of the molecule is [2H]c1c([2H])c([2H])c(-c2cccc(-c3c([2H])c([2H])c([2H])c([2H])c3[2H])c2-[n+]2[c-]n(-c3cccc(Oc4ccc5c6cc(-n7c8ccccc8c8ccccc87)ccc6n(-c6cc(C(C)(C)C)ccn6)c5c4)c3)c3ccc(-c4ccccc4C([2H])([2H])[2H])cc32)c([2H])c1[2H]. The van der Waals surface area contributed by atoms with E-state index in [1.54, 1.807) is 57.7 Å². The molecular weight excluding hydrogens is 939 g/mol. The molecular formula is C71H53N5O. The molecule has 0 spiro atoms. The van der Waals surface area contributed by atoms with Gasteiger partial charge in [0.05, 0.1) is 58.2 Å². The lowest BCUT2D eigenvalue weighted by atomic mass is 9.88. The molecule has 10 aromatic carbocycles. The smallest absolute Gasteiger partial charge is 0.269 e. The summed E-state index contributed by atoms with van der Waals surface area (Å²) in [6.07, 6.45) is 5.32. The molecule has 368 valence electrons. The van der Waals surface area contributed by atoms with Crippen LogP contribution in [0.2, 0.25) is 0 Å². The third kappa shape index (κ3) is 7.88. The van der Waals surface area contributed by atoms with E-state index in [9.17, 15) is 5.48 Å². The van der Waals surface area contributed by atoms with Gasteiger partial charge in [-0.15, -0.1) is 0 Å². The summed E-state index contributed by atoms with van der Waals surface area (Å²) in [7, 11) is 0. The fourth-order valence-corrected chi connectivity index (χ4v) is 10.8. The molecule has 0 aliphatic rings. The summed E-state index contributed by atoms with van der Waals surface area (Å²) in [5, 5.41) is 4.31. The van der Waals surface area contributed by atoms with E-state index < -0.39 is 67.3 Å². The molecule has 6 nitrogen and oxygen atoms in total. The van der Waals surface area contributed by atoms with Gasteiger partial charge >= 0.3 is 0 Å². The molecule has 0 bridgehead atoms. The highest BCUT2D eigenvalue weighted by Crippen LogP contribution is 2.41. The number of pyridine rings is 1. The van der Waals surface area contributed by atoms with Crippen LogP contribution >= 0.6 is 0 Å². The highest BCUT2D eigenvalue weighted by Gasteiger charge is 2.23. The Morgan fingerprint density at radius 3 is 1.86 bits per heavy atom. The number of benzene rings is 10. The monoisotopic (exact) mass is 1000 g/mol. The van der Waals surface area contributed by atoms with Gasteiger partial charge in [-0.3, -0.25) is 13.7 Å².